The van der Waals surface area contributed by atoms with Crippen LogP contribution < -0.4 is 20.1 Å². The molecule has 138 valence electrons. The highest BCUT2D eigenvalue weighted by atomic mass is 16.5. The van der Waals surface area contributed by atoms with Gasteiger partial charge in [-0.05, 0) is 37.0 Å². The van der Waals surface area contributed by atoms with Gasteiger partial charge in [0.1, 0.15) is 0 Å². The second-order valence-corrected chi connectivity index (χ2v) is 5.91. The molecule has 1 aliphatic heterocycles. The fourth-order valence-corrected chi connectivity index (χ4v) is 2.66. The lowest BCUT2D eigenvalue weighted by Gasteiger charge is -2.11. The van der Waals surface area contributed by atoms with Gasteiger partial charge >= 0.3 is 0 Å². The van der Waals surface area contributed by atoms with E-state index in [1.807, 2.05) is 18.2 Å². The van der Waals surface area contributed by atoms with Crippen LogP contribution >= 0.6 is 0 Å². The van der Waals surface area contributed by atoms with Crippen LogP contribution in [0.1, 0.15) is 24.8 Å². The van der Waals surface area contributed by atoms with Crippen LogP contribution in [0.2, 0.25) is 0 Å². The summed E-state index contributed by atoms with van der Waals surface area (Å²) in [6, 6.07) is 5.55. The number of methoxy groups -OCH3 is 2. The largest absolute Gasteiger partial charge is 0.493 e. The Morgan fingerprint density at radius 2 is 1.96 bits per heavy atom. The van der Waals surface area contributed by atoms with Crippen LogP contribution in [-0.2, 0) is 20.7 Å². The van der Waals surface area contributed by atoms with E-state index in [2.05, 4.69) is 10.6 Å². The molecule has 0 spiro atoms. The van der Waals surface area contributed by atoms with Crippen LogP contribution in [0.4, 0.5) is 0 Å². The standard InChI is InChI=1S/C18H26N2O5/c1-23-15-7-5-13(10-16(15)24-2)6-8-17(21)20-12-18(22)19-11-14-4-3-9-25-14/h5,7,10,14H,3-4,6,8-9,11-12H2,1-2H3,(H,19,22)(H,20,21). The molecular weight excluding hydrogens is 324 g/mol. The monoisotopic (exact) mass is 350 g/mol. The Labute approximate surface area is 148 Å². The number of nitrogens with one attached hydrogen (secondary N) is 2. The Balaban J connectivity index is 1.67. The second-order valence-electron chi connectivity index (χ2n) is 5.91. The zero-order valence-electron chi connectivity index (χ0n) is 14.8. The van der Waals surface area contributed by atoms with Gasteiger partial charge in [-0.25, -0.2) is 0 Å². The van der Waals surface area contributed by atoms with Crippen molar-refractivity contribution in [1.82, 2.24) is 10.6 Å². The first-order valence-electron chi connectivity index (χ1n) is 8.48. The van der Waals surface area contributed by atoms with Crippen LogP contribution in [0, 0.1) is 0 Å². The predicted molar refractivity (Wildman–Crippen MR) is 92.9 cm³/mol. The van der Waals surface area contributed by atoms with Gasteiger partial charge in [-0.3, -0.25) is 9.59 Å². The summed E-state index contributed by atoms with van der Waals surface area (Å²) in [5, 5.41) is 5.40. The highest BCUT2D eigenvalue weighted by molar-refractivity contribution is 5.84. The number of aryl methyl sites for hydroxylation is 1. The fraction of sp³-hybridized carbons (Fsp3) is 0.556. The molecule has 0 aliphatic carbocycles. The Bertz CT molecular complexity index is 585. The van der Waals surface area contributed by atoms with E-state index >= 15 is 0 Å². The van der Waals surface area contributed by atoms with Crippen LogP contribution in [0.15, 0.2) is 18.2 Å². The zero-order valence-corrected chi connectivity index (χ0v) is 14.8. The van der Waals surface area contributed by atoms with Crippen molar-refractivity contribution in [2.75, 3.05) is 33.9 Å². The van der Waals surface area contributed by atoms with Gasteiger partial charge < -0.3 is 24.8 Å². The molecule has 25 heavy (non-hydrogen) atoms. The number of carbonyl (C=O) groups is 2. The molecule has 7 heteroatoms. The molecule has 1 saturated heterocycles. The number of benzene rings is 1. The first-order chi connectivity index (χ1) is 12.1. The lowest BCUT2D eigenvalue weighted by Crippen LogP contribution is -2.40. The minimum atomic E-state index is -0.199. The van der Waals surface area contributed by atoms with Gasteiger partial charge in [-0.15, -0.1) is 0 Å². The van der Waals surface area contributed by atoms with Crippen molar-refractivity contribution in [3.05, 3.63) is 23.8 Å². The van der Waals surface area contributed by atoms with E-state index in [-0.39, 0.29) is 24.5 Å². The molecular formula is C18H26N2O5. The summed E-state index contributed by atoms with van der Waals surface area (Å²) in [6.45, 7) is 1.24. The van der Waals surface area contributed by atoms with E-state index < -0.39 is 0 Å². The Morgan fingerprint density at radius 3 is 2.64 bits per heavy atom. The van der Waals surface area contributed by atoms with Gasteiger partial charge in [-0.1, -0.05) is 6.07 Å². The highest BCUT2D eigenvalue weighted by Gasteiger charge is 2.16. The number of hydrogen-bond acceptors (Lipinski definition) is 5. The first-order valence-corrected chi connectivity index (χ1v) is 8.48. The normalized spacial score (nSPS) is 16.3. The van der Waals surface area contributed by atoms with Gasteiger partial charge in [-0.2, -0.15) is 0 Å². The summed E-state index contributed by atoms with van der Waals surface area (Å²) in [7, 11) is 3.15. The summed E-state index contributed by atoms with van der Waals surface area (Å²) in [5.74, 6) is 0.921. The number of hydrogen-bond donors (Lipinski definition) is 2. The Kier molecular flexibility index (Phi) is 7.53. The zero-order chi connectivity index (χ0) is 18.1. The highest BCUT2D eigenvalue weighted by Crippen LogP contribution is 2.27. The maximum atomic E-state index is 11.9. The van der Waals surface area contributed by atoms with E-state index in [9.17, 15) is 9.59 Å². The van der Waals surface area contributed by atoms with Crippen molar-refractivity contribution in [2.45, 2.75) is 31.8 Å². The summed E-state index contributed by atoms with van der Waals surface area (Å²) >= 11 is 0. The van der Waals surface area contributed by atoms with Gasteiger partial charge in [0.25, 0.3) is 0 Å². The molecule has 2 rings (SSSR count). The third-order valence-electron chi connectivity index (χ3n) is 4.09. The quantitative estimate of drug-likeness (QED) is 0.695. The number of carbonyl (C=O) groups excluding carboxylic acids is 2. The Hall–Kier alpha value is -2.28. The SMILES string of the molecule is COc1ccc(CCC(=O)NCC(=O)NCC2CCCO2)cc1OC. The molecule has 0 saturated carbocycles. The molecule has 2 amide bonds. The van der Waals surface area contributed by atoms with E-state index in [0.29, 0.717) is 30.9 Å². The summed E-state index contributed by atoms with van der Waals surface area (Å²) in [5.41, 5.74) is 0.968. The Morgan fingerprint density at radius 1 is 1.16 bits per heavy atom. The van der Waals surface area contributed by atoms with Crippen molar-refractivity contribution in [2.24, 2.45) is 0 Å². The molecule has 0 bridgehead atoms. The number of ether oxygens (including phenoxy) is 3. The minimum absolute atomic E-state index is 0.0164. The van der Waals surface area contributed by atoms with Gasteiger partial charge in [0, 0.05) is 19.6 Å². The molecule has 0 aromatic heterocycles. The number of rotatable bonds is 9. The van der Waals surface area contributed by atoms with E-state index in [1.54, 1.807) is 14.2 Å². The van der Waals surface area contributed by atoms with E-state index in [1.165, 1.54) is 0 Å². The summed E-state index contributed by atoms with van der Waals surface area (Å²) in [6.07, 6.45) is 2.97. The maximum Gasteiger partial charge on any atom is 0.239 e. The average molecular weight is 350 g/mol. The lowest BCUT2D eigenvalue weighted by atomic mass is 10.1. The van der Waals surface area contributed by atoms with Crippen molar-refractivity contribution >= 4 is 11.8 Å². The third-order valence-corrected chi connectivity index (χ3v) is 4.09. The van der Waals surface area contributed by atoms with E-state index in [4.69, 9.17) is 14.2 Å². The fourth-order valence-electron chi connectivity index (χ4n) is 2.66. The third kappa shape index (κ3) is 6.26. The van der Waals surface area contributed by atoms with Crippen LogP contribution in [0.25, 0.3) is 0 Å². The van der Waals surface area contributed by atoms with Crippen molar-refractivity contribution in [1.29, 1.82) is 0 Å². The van der Waals surface area contributed by atoms with Gasteiger partial charge in [0.05, 0.1) is 26.9 Å². The molecule has 1 atom stereocenters. The molecule has 1 aliphatic rings. The molecule has 2 N–H and O–H groups in total. The summed E-state index contributed by atoms with van der Waals surface area (Å²) in [4.78, 5) is 23.6. The minimum Gasteiger partial charge on any atom is -0.493 e. The molecule has 1 fully saturated rings. The van der Waals surface area contributed by atoms with Crippen LogP contribution in [-0.4, -0.2) is 51.8 Å². The molecule has 7 nitrogen and oxygen atoms in total. The second kappa shape index (κ2) is 9.88. The lowest BCUT2D eigenvalue weighted by molar-refractivity contribution is -0.126. The smallest absolute Gasteiger partial charge is 0.239 e. The number of amides is 2. The molecule has 1 unspecified atom stereocenters. The molecule has 0 radical (unpaired) electrons. The average Bonchev–Trinajstić information content (AvgIpc) is 3.16. The molecule has 1 aromatic carbocycles. The van der Waals surface area contributed by atoms with E-state index in [0.717, 1.165) is 25.0 Å². The van der Waals surface area contributed by atoms with Gasteiger partial charge in [0.15, 0.2) is 11.5 Å². The van der Waals surface area contributed by atoms with Gasteiger partial charge in [0.2, 0.25) is 11.8 Å². The summed E-state index contributed by atoms with van der Waals surface area (Å²) < 4.78 is 15.9. The van der Waals surface area contributed by atoms with Crippen LogP contribution in [0.3, 0.4) is 0 Å². The topological polar surface area (TPSA) is 85.9 Å². The van der Waals surface area contributed by atoms with Crippen molar-refractivity contribution in [3.8, 4) is 11.5 Å². The molecule has 1 aromatic rings. The first kappa shape index (κ1) is 19.1. The maximum absolute atomic E-state index is 11.9. The van der Waals surface area contributed by atoms with Crippen LogP contribution in [0.5, 0.6) is 11.5 Å². The predicted octanol–water partition coefficient (Wildman–Crippen LogP) is 1.05. The molecule has 1 heterocycles. The van der Waals surface area contributed by atoms with Crippen molar-refractivity contribution in [3.63, 3.8) is 0 Å². The van der Waals surface area contributed by atoms with Crippen molar-refractivity contribution < 1.29 is 23.8 Å².